The third-order valence-electron chi connectivity index (χ3n) is 5.91. The molecule has 0 fully saturated rings. The second-order valence-corrected chi connectivity index (χ2v) is 8.56. The summed E-state index contributed by atoms with van der Waals surface area (Å²) in [6.45, 7) is 0. The van der Waals surface area contributed by atoms with Crippen LogP contribution in [0.4, 0.5) is 5.95 Å². The summed E-state index contributed by atoms with van der Waals surface area (Å²) in [6, 6.07) is 13.5. The number of nitrogens with zero attached hydrogens (tertiary/aromatic N) is 3. The van der Waals surface area contributed by atoms with Crippen molar-refractivity contribution in [2.75, 3.05) is 19.5 Å². The van der Waals surface area contributed by atoms with Crippen LogP contribution in [0.15, 0.2) is 64.5 Å². The fraction of sp³-hybridized carbons (Fsp3) is 0.261. The monoisotopic (exact) mass is 480 g/mol. The molecule has 0 saturated carbocycles. The van der Waals surface area contributed by atoms with Gasteiger partial charge in [-0.05, 0) is 47.7 Å². The van der Waals surface area contributed by atoms with Crippen LogP contribution in [0.5, 0.6) is 11.5 Å². The van der Waals surface area contributed by atoms with E-state index < -0.39 is 0 Å². The molecule has 31 heavy (non-hydrogen) atoms. The minimum atomic E-state index is -0.301. The van der Waals surface area contributed by atoms with E-state index in [9.17, 15) is 4.79 Å². The number of hydrogen-bond donors (Lipinski definition) is 1. The van der Waals surface area contributed by atoms with Crippen LogP contribution in [0, 0.1) is 0 Å². The van der Waals surface area contributed by atoms with Gasteiger partial charge in [-0.2, -0.15) is 10.1 Å². The Bertz CT molecular complexity index is 1200. The van der Waals surface area contributed by atoms with Crippen molar-refractivity contribution < 1.29 is 14.3 Å². The Hall–Kier alpha value is -3.13. The van der Waals surface area contributed by atoms with E-state index in [1.807, 2.05) is 42.5 Å². The zero-order chi connectivity index (χ0) is 21.5. The number of hydrogen-bond acceptors (Lipinski definition) is 6. The number of benzene rings is 2. The Kier molecular flexibility index (Phi) is 5.02. The Morgan fingerprint density at radius 1 is 1.06 bits per heavy atom. The molecule has 0 saturated heterocycles. The summed E-state index contributed by atoms with van der Waals surface area (Å²) in [6.07, 6.45) is 2.64. The van der Waals surface area contributed by atoms with Gasteiger partial charge in [0.2, 0.25) is 5.95 Å². The van der Waals surface area contributed by atoms with Gasteiger partial charge < -0.3 is 14.8 Å². The van der Waals surface area contributed by atoms with Gasteiger partial charge in [0.1, 0.15) is 12.4 Å². The van der Waals surface area contributed by atoms with Crippen molar-refractivity contribution >= 4 is 27.7 Å². The minimum Gasteiger partial charge on any atom is -0.493 e. The number of ether oxygens (including phenoxy) is 2. The zero-order valence-electron chi connectivity index (χ0n) is 17.1. The number of allylic oxidation sites excluding steroid dienone is 2. The first-order valence-electron chi connectivity index (χ1n) is 9.99. The molecule has 0 radical (unpaired) electrons. The normalized spacial score (nSPS) is 20.0. The second kappa shape index (κ2) is 7.85. The summed E-state index contributed by atoms with van der Waals surface area (Å²) in [5, 5.41) is 7.75. The maximum Gasteiger partial charge on any atom is 0.226 e. The highest BCUT2D eigenvalue weighted by Gasteiger charge is 2.39. The van der Waals surface area contributed by atoms with Crippen molar-refractivity contribution in [3.05, 3.63) is 75.7 Å². The van der Waals surface area contributed by atoms with Crippen LogP contribution >= 0.6 is 15.9 Å². The summed E-state index contributed by atoms with van der Waals surface area (Å²) in [7, 11) is 3.23. The molecule has 2 aliphatic rings. The Labute approximate surface area is 188 Å². The molecular formula is C23H21BrN4O3. The van der Waals surface area contributed by atoms with Crippen LogP contribution in [0.25, 0.3) is 0 Å². The molecule has 0 bridgehead atoms. The highest BCUT2D eigenvalue weighted by molar-refractivity contribution is 9.10. The number of Topliss-reactive ketones (excluding diaryl/α,β-unsaturated/α-hetero) is 1. The van der Waals surface area contributed by atoms with E-state index in [0.29, 0.717) is 30.3 Å². The molecule has 2 unspecified atom stereocenters. The number of rotatable bonds is 4. The molecule has 158 valence electrons. The largest absolute Gasteiger partial charge is 0.493 e. The summed E-state index contributed by atoms with van der Waals surface area (Å²) in [5.74, 6) is 2.13. The Balaban J connectivity index is 1.56. The van der Waals surface area contributed by atoms with Crippen LogP contribution < -0.4 is 14.8 Å². The van der Waals surface area contributed by atoms with Crippen molar-refractivity contribution in [2.24, 2.45) is 0 Å². The smallest absolute Gasteiger partial charge is 0.226 e. The summed E-state index contributed by atoms with van der Waals surface area (Å²) < 4.78 is 13.6. The third-order valence-corrected chi connectivity index (χ3v) is 6.40. The first-order chi connectivity index (χ1) is 15.1. The highest BCUT2D eigenvalue weighted by atomic mass is 79.9. The molecule has 5 rings (SSSR count). The van der Waals surface area contributed by atoms with E-state index >= 15 is 0 Å². The number of aromatic nitrogens is 3. The molecule has 2 atom stereocenters. The van der Waals surface area contributed by atoms with Crippen molar-refractivity contribution in [3.63, 3.8) is 0 Å². The van der Waals surface area contributed by atoms with Crippen molar-refractivity contribution in [3.8, 4) is 11.5 Å². The number of methoxy groups -OCH3 is 2. The number of fused-ring (bicyclic) bond motifs is 1. The number of carbonyl (C=O) groups is 1. The van der Waals surface area contributed by atoms with E-state index in [1.54, 1.807) is 18.9 Å². The van der Waals surface area contributed by atoms with Crippen LogP contribution in [0.1, 0.15) is 35.9 Å². The molecule has 1 aliphatic carbocycles. The fourth-order valence-corrected chi connectivity index (χ4v) is 4.90. The quantitative estimate of drug-likeness (QED) is 0.593. The molecular weight excluding hydrogens is 460 g/mol. The molecule has 3 aromatic rings. The van der Waals surface area contributed by atoms with Gasteiger partial charge in [-0.3, -0.25) is 4.79 Å². The van der Waals surface area contributed by atoms with E-state index in [-0.39, 0.29) is 17.7 Å². The summed E-state index contributed by atoms with van der Waals surface area (Å²) >= 11 is 3.54. The van der Waals surface area contributed by atoms with Gasteiger partial charge in [-0.1, -0.05) is 34.1 Å². The number of nitrogens with one attached hydrogen (secondary N) is 1. The number of carbonyl (C=O) groups excluding carboxylic acids is 1. The topological polar surface area (TPSA) is 78.3 Å². The lowest BCUT2D eigenvalue weighted by molar-refractivity contribution is -0.116. The third kappa shape index (κ3) is 3.40. The van der Waals surface area contributed by atoms with Gasteiger partial charge in [0.15, 0.2) is 17.3 Å². The van der Waals surface area contributed by atoms with Gasteiger partial charge in [0.25, 0.3) is 0 Å². The Morgan fingerprint density at radius 2 is 1.90 bits per heavy atom. The van der Waals surface area contributed by atoms with Crippen LogP contribution in [-0.2, 0) is 4.79 Å². The SMILES string of the molecule is COc1ccc(C2CC(=O)C3=C(C2)Nc2ncnn2C3c2cccc(Br)c2)cc1OC. The predicted octanol–water partition coefficient (Wildman–Crippen LogP) is 4.47. The maximum absolute atomic E-state index is 13.5. The Morgan fingerprint density at radius 3 is 2.68 bits per heavy atom. The standard InChI is InChI=1S/C23H21BrN4O3/c1-30-19-7-6-13(11-20(19)31-2)15-9-17-21(18(29)10-15)22(14-4-3-5-16(24)8-14)28-23(27-17)25-12-26-28/h3-8,11-12,15,22H,9-10H2,1-2H3,(H,25,26,27). The molecule has 1 N–H and O–H groups in total. The van der Waals surface area contributed by atoms with E-state index in [4.69, 9.17) is 9.47 Å². The summed E-state index contributed by atoms with van der Waals surface area (Å²) in [5.41, 5.74) is 3.70. The van der Waals surface area contributed by atoms with Gasteiger partial charge in [-0.15, -0.1) is 0 Å². The fourth-order valence-electron chi connectivity index (χ4n) is 4.48. The van der Waals surface area contributed by atoms with Crippen molar-refractivity contribution in [1.29, 1.82) is 0 Å². The van der Waals surface area contributed by atoms with Gasteiger partial charge in [0, 0.05) is 22.2 Å². The second-order valence-electron chi connectivity index (χ2n) is 7.65. The first-order valence-corrected chi connectivity index (χ1v) is 10.8. The number of anilines is 1. The molecule has 1 aromatic heterocycles. The zero-order valence-corrected chi connectivity index (χ0v) is 18.7. The van der Waals surface area contributed by atoms with Crippen LogP contribution in [-0.4, -0.2) is 34.8 Å². The van der Waals surface area contributed by atoms with E-state index in [2.05, 4.69) is 31.3 Å². The average molecular weight is 481 g/mol. The van der Waals surface area contributed by atoms with Gasteiger partial charge >= 0.3 is 0 Å². The van der Waals surface area contributed by atoms with Crippen LogP contribution in [0.2, 0.25) is 0 Å². The van der Waals surface area contributed by atoms with E-state index in [1.165, 1.54) is 6.33 Å². The molecule has 2 aromatic carbocycles. The maximum atomic E-state index is 13.5. The molecule has 0 spiro atoms. The lowest BCUT2D eigenvalue weighted by Gasteiger charge is -2.35. The van der Waals surface area contributed by atoms with E-state index in [0.717, 1.165) is 26.9 Å². The molecule has 0 amide bonds. The molecule has 2 heterocycles. The van der Waals surface area contributed by atoms with Crippen molar-refractivity contribution in [1.82, 2.24) is 14.8 Å². The molecule has 1 aliphatic heterocycles. The number of halogens is 1. The molecule has 7 nitrogen and oxygen atoms in total. The molecule has 8 heteroatoms. The predicted molar refractivity (Wildman–Crippen MR) is 119 cm³/mol. The number of ketones is 1. The van der Waals surface area contributed by atoms with Gasteiger partial charge in [-0.25, -0.2) is 4.68 Å². The minimum absolute atomic E-state index is 0.0381. The lowest BCUT2D eigenvalue weighted by atomic mass is 9.78. The van der Waals surface area contributed by atoms with Crippen LogP contribution in [0.3, 0.4) is 0 Å². The van der Waals surface area contributed by atoms with Crippen molar-refractivity contribution in [2.45, 2.75) is 24.8 Å². The highest BCUT2D eigenvalue weighted by Crippen LogP contribution is 2.45. The average Bonchev–Trinajstić information content (AvgIpc) is 3.25. The summed E-state index contributed by atoms with van der Waals surface area (Å²) in [4.78, 5) is 17.8. The lowest BCUT2D eigenvalue weighted by Crippen LogP contribution is -2.33. The first kappa shape index (κ1) is 19.8. The van der Waals surface area contributed by atoms with Gasteiger partial charge in [0.05, 0.1) is 14.2 Å².